The molecule has 0 aliphatic heterocycles. The summed E-state index contributed by atoms with van der Waals surface area (Å²) in [5.74, 6) is -0.363. The average Bonchev–Trinajstić information content (AvgIpc) is 3.48. The molecule has 0 aliphatic rings. The molecule has 3 aromatic heterocycles. The van der Waals surface area contributed by atoms with Gasteiger partial charge in [-0.2, -0.15) is 0 Å². The molecule has 5 rings (SSSR count). The maximum absolute atomic E-state index is 14.2. The molecule has 0 saturated carbocycles. The predicted molar refractivity (Wildman–Crippen MR) is 153 cm³/mol. The van der Waals surface area contributed by atoms with Crippen LogP contribution in [-0.2, 0) is 6.54 Å². The number of nitrogens with two attached hydrogens (primary N) is 1. The molecule has 1 atom stereocenters. The van der Waals surface area contributed by atoms with Crippen molar-refractivity contribution in [3.8, 4) is 0 Å². The molecule has 202 valence electrons. The van der Waals surface area contributed by atoms with Gasteiger partial charge in [0.1, 0.15) is 22.7 Å². The molecule has 0 unspecified atom stereocenters. The van der Waals surface area contributed by atoms with Crippen LogP contribution in [0.5, 0.6) is 0 Å². The van der Waals surface area contributed by atoms with Crippen molar-refractivity contribution in [2.45, 2.75) is 40.3 Å². The summed E-state index contributed by atoms with van der Waals surface area (Å²) in [4.78, 5) is 35.5. The lowest BCUT2D eigenvalue weighted by atomic mass is 9.99. The van der Waals surface area contributed by atoms with Gasteiger partial charge in [-0.3, -0.25) is 14.2 Å². The summed E-state index contributed by atoms with van der Waals surface area (Å²) in [6, 6.07) is 12.9. The summed E-state index contributed by atoms with van der Waals surface area (Å²) in [6.07, 6.45) is 0. The Hall–Kier alpha value is -3.82. The first-order chi connectivity index (χ1) is 18.7. The van der Waals surface area contributed by atoms with Crippen LogP contribution >= 0.6 is 11.3 Å². The number of carbonyl (C=O) groups excluding carboxylic acids is 1. The van der Waals surface area contributed by atoms with Crippen LogP contribution in [-0.4, -0.2) is 33.4 Å². The van der Waals surface area contributed by atoms with Crippen LogP contribution in [0.1, 0.15) is 52.1 Å². The Kier molecular flexibility index (Phi) is 7.38. The number of rotatable bonds is 8. The number of fused-ring (bicyclic) bond motifs is 3. The van der Waals surface area contributed by atoms with Gasteiger partial charge in [0.2, 0.25) is 5.58 Å². The van der Waals surface area contributed by atoms with Crippen molar-refractivity contribution >= 4 is 39.3 Å². The molecule has 1 amide bonds. The highest BCUT2D eigenvalue weighted by Gasteiger charge is 2.33. The van der Waals surface area contributed by atoms with E-state index in [4.69, 9.17) is 15.1 Å². The van der Waals surface area contributed by atoms with Gasteiger partial charge in [-0.15, -0.1) is 11.3 Å². The fourth-order valence-corrected chi connectivity index (χ4v) is 5.85. The third kappa shape index (κ3) is 5.12. The SMILES string of the molecule is Cc1ccc(C(=O)N(CCN)[C@@H](c2nc3c(oc4ccc(F)cc43)c(=O)n2Cc2cc(C)cs2)C(C)C)cc1. The zero-order chi connectivity index (χ0) is 27.8. The molecular weight excluding hydrogens is 515 g/mol. The minimum Gasteiger partial charge on any atom is -0.448 e. The third-order valence-electron chi connectivity index (χ3n) is 6.83. The summed E-state index contributed by atoms with van der Waals surface area (Å²) in [5.41, 5.74) is 9.02. The first kappa shape index (κ1) is 26.8. The second-order valence-electron chi connectivity index (χ2n) is 10.2. The van der Waals surface area contributed by atoms with Crippen molar-refractivity contribution in [1.29, 1.82) is 0 Å². The number of hydrogen-bond donors (Lipinski definition) is 1. The molecule has 0 spiro atoms. The summed E-state index contributed by atoms with van der Waals surface area (Å²) in [5, 5.41) is 2.44. The number of halogens is 1. The van der Waals surface area contributed by atoms with Gasteiger partial charge in [-0.05, 0) is 67.1 Å². The number of benzene rings is 2. The molecule has 0 radical (unpaired) electrons. The first-order valence-electron chi connectivity index (χ1n) is 12.9. The smallest absolute Gasteiger partial charge is 0.297 e. The number of carbonyl (C=O) groups is 1. The van der Waals surface area contributed by atoms with Crippen molar-refractivity contribution < 1.29 is 13.6 Å². The number of aromatic nitrogens is 2. The highest BCUT2D eigenvalue weighted by atomic mass is 32.1. The quantitative estimate of drug-likeness (QED) is 0.265. The fourth-order valence-electron chi connectivity index (χ4n) is 4.99. The maximum atomic E-state index is 14.2. The van der Waals surface area contributed by atoms with Gasteiger partial charge in [0.05, 0.1) is 12.6 Å². The summed E-state index contributed by atoms with van der Waals surface area (Å²) in [7, 11) is 0. The molecular formula is C30H31FN4O3S. The van der Waals surface area contributed by atoms with Crippen LogP contribution in [0.25, 0.3) is 22.1 Å². The van der Waals surface area contributed by atoms with E-state index in [2.05, 4.69) is 0 Å². The van der Waals surface area contributed by atoms with E-state index >= 15 is 0 Å². The lowest BCUT2D eigenvalue weighted by molar-refractivity contribution is 0.0612. The maximum Gasteiger partial charge on any atom is 0.297 e. The Balaban J connectivity index is 1.76. The zero-order valence-electron chi connectivity index (χ0n) is 22.4. The molecule has 9 heteroatoms. The molecule has 0 bridgehead atoms. The van der Waals surface area contributed by atoms with E-state index in [0.717, 1.165) is 16.0 Å². The van der Waals surface area contributed by atoms with Crippen molar-refractivity contribution in [3.63, 3.8) is 0 Å². The van der Waals surface area contributed by atoms with E-state index in [0.29, 0.717) is 22.4 Å². The van der Waals surface area contributed by atoms with E-state index < -0.39 is 11.9 Å². The third-order valence-corrected chi connectivity index (χ3v) is 7.87. The van der Waals surface area contributed by atoms with Crippen LogP contribution in [0.2, 0.25) is 0 Å². The first-order valence-corrected chi connectivity index (χ1v) is 13.8. The Morgan fingerprint density at radius 1 is 1.13 bits per heavy atom. The second kappa shape index (κ2) is 10.7. The monoisotopic (exact) mass is 546 g/mol. The van der Waals surface area contributed by atoms with Crippen LogP contribution in [0.4, 0.5) is 4.39 Å². The summed E-state index contributed by atoms with van der Waals surface area (Å²) in [6.45, 7) is 8.70. The molecule has 0 saturated heterocycles. The van der Waals surface area contributed by atoms with Crippen molar-refractivity contribution in [2.24, 2.45) is 11.7 Å². The lowest BCUT2D eigenvalue weighted by Gasteiger charge is -2.35. The highest BCUT2D eigenvalue weighted by Crippen LogP contribution is 2.33. The minimum atomic E-state index is -0.584. The average molecular weight is 547 g/mol. The normalized spacial score (nSPS) is 12.5. The number of furan rings is 1. The standard InChI is InChI=1S/C30H31FN4O3S/c1-17(2)26(34(12-11-32)29(36)20-7-5-18(3)6-8-20)28-33-25-23-14-21(31)9-10-24(23)38-27(25)30(37)35(28)15-22-13-19(4)16-39-22/h5-10,13-14,16-17,26H,11-12,15,32H2,1-4H3/t26-/m1/s1. The van der Waals surface area contributed by atoms with E-state index in [9.17, 15) is 14.0 Å². The van der Waals surface area contributed by atoms with Crippen LogP contribution in [0, 0.1) is 25.6 Å². The molecule has 5 aromatic rings. The van der Waals surface area contributed by atoms with Gasteiger partial charge in [-0.1, -0.05) is 31.5 Å². The van der Waals surface area contributed by atoms with E-state index in [-0.39, 0.29) is 48.1 Å². The second-order valence-corrected chi connectivity index (χ2v) is 11.2. The van der Waals surface area contributed by atoms with Gasteiger partial charge in [0.25, 0.3) is 11.5 Å². The highest BCUT2D eigenvalue weighted by molar-refractivity contribution is 7.10. The Morgan fingerprint density at radius 3 is 2.51 bits per heavy atom. The molecule has 2 aromatic carbocycles. The summed E-state index contributed by atoms with van der Waals surface area (Å²) < 4.78 is 21.7. The molecule has 39 heavy (non-hydrogen) atoms. The topological polar surface area (TPSA) is 94.4 Å². The summed E-state index contributed by atoms with van der Waals surface area (Å²) >= 11 is 1.55. The Morgan fingerprint density at radius 2 is 1.87 bits per heavy atom. The number of amides is 1. The van der Waals surface area contributed by atoms with Crippen LogP contribution in [0.15, 0.2) is 63.1 Å². The van der Waals surface area contributed by atoms with Gasteiger partial charge in [0.15, 0.2) is 0 Å². The molecule has 0 fully saturated rings. The van der Waals surface area contributed by atoms with Crippen LogP contribution < -0.4 is 11.3 Å². The van der Waals surface area contributed by atoms with Gasteiger partial charge < -0.3 is 15.1 Å². The number of aryl methyl sites for hydroxylation is 2. The number of hydrogen-bond acceptors (Lipinski definition) is 6. The Labute approximate surface area is 229 Å². The zero-order valence-corrected chi connectivity index (χ0v) is 23.2. The predicted octanol–water partition coefficient (Wildman–Crippen LogP) is 5.81. The number of nitrogens with zero attached hydrogens (tertiary/aromatic N) is 3. The van der Waals surface area contributed by atoms with Gasteiger partial charge in [0, 0.05) is 28.9 Å². The Bertz CT molecular complexity index is 1720. The largest absolute Gasteiger partial charge is 0.448 e. The lowest BCUT2D eigenvalue weighted by Crippen LogP contribution is -2.43. The molecule has 2 N–H and O–H groups in total. The van der Waals surface area contributed by atoms with Gasteiger partial charge >= 0.3 is 0 Å². The van der Waals surface area contributed by atoms with E-state index in [1.54, 1.807) is 32.9 Å². The van der Waals surface area contributed by atoms with Crippen LogP contribution in [0.3, 0.4) is 0 Å². The van der Waals surface area contributed by atoms with E-state index in [1.807, 2.05) is 51.3 Å². The molecule has 3 heterocycles. The minimum absolute atomic E-state index is 0.0605. The van der Waals surface area contributed by atoms with E-state index in [1.165, 1.54) is 18.2 Å². The molecule has 0 aliphatic carbocycles. The number of thiophene rings is 1. The van der Waals surface area contributed by atoms with Gasteiger partial charge in [-0.25, -0.2) is 9.37 Å². The van der Waals surface area contributed by atoms with Crippen molar-refractivity contribution in [1.82, 2.24) is 14.5 Å². The fraction of sp³-hybridized carbons (Fsp3) is 0.300. The van der Waals surface area contributed by atoms with Crippen molar-refractivity contribution in [2.75, 3.05) is 13.1 Å². The van der Waals surface area contributed by atoms with Crippen molar-refractivity contribution in [3.05, 3.63) is 97.5 Å². The molecule has 7 nitrogen and oxygen atoms in total.